The van der Waals surface area contributed by atoms with Crippen LogP contribution in [0.2, 0.25) is 0 Å². The Kier molecular flexibility index (Phi) is 4.65. The molecular formula is C21H21N5O2. The lowest BCUT2D eigenvalue weighted by Gasteiger charge is -2.30. The molecule has 1 aliphatic heterocycles. The van der Waals surface area contributed by atoms with Gasteiger partial charge in [0.05, 0.1) is 12.2 Å². The molecule has 0 atom stereocenters. The van der Waals surface area contributed by atoms with Gasteiger partial charge in [0.2, 0.25) is 0 Å². The summed E-state index contributed by atoms with van der Waals surface area (Å²) in [7, 11) is 3.93. The number of phenols is 1. The maximum atomic E-state index is 12.9. The van der Waals surface area contributed by atoms with Crippen molar-refractivity contribution in [1.82, 2.24) is 19.9 Å². The van der Waals surface area contributed by atoms with E-state index in [0.717, 1.165) is 22.6 Å². The first kappa shape index (κ1) is 17.9. The van der Waals surface area contributed by atoms with Gasteiger partial charge in [-0.3, -0.25) is 9.78 Å². The van der Waals surface area contributed by atoms with E-state index < -0.39 is 0 Å². The summed E-state index contributed by atoms with van der Waals surface area (Å²) in [5, 5.41) is 9.45. The molecule has 0 saturated carbocycles. The van der Waals surface area contributed by atoms with Gasteiger partial charge in [-0.2, -0.15) is 0 Å². The molecule has 0 fully saturated rings. The number of hydrogen-bond acceptors (Lipinski definition) is 6. The van der Waals surface area contributed by atoms with E-state index in [9.17, 15) is 9.90 Å². The molecule has 3 aromatic rings. The number of hydrogen-bond donors (Lipinski definition) is 1. The van der Waals surface area contributed by atoms with Crippen LogP contribution in [-0.2, 0) is 13.0 Å². The monoisotopic (exact) mass is 375 g/mol. The highest BCUT2D eigenvalue weighted by molar-refractivity contribution is 5.94. The Morgan fingerprint density at radius 2 is 1.79 bits per heavy atom. The van der Waals surface area contributed by atoms with Crippen molar-refractivity contribution < 1.29 is 9.90 Å². The SMILES string of the molecule is CN(C)c1nc(-c2ccncc2)nc2c1CCN(C(=O)c1ccc(O)cc1)C2. The highest BCUT2D eigenvalue weighted by Gasteiger charge is 2.27. The summed E-state index contributed by atoms with van der Waals surface area (Å²) < 4.78 is 0. The molecule has 1 aliphatic rings. The van der Waals surface area contributed by atoms with Crippen LogP contribution in [0, 0.1) is 0 Å². The number of aromatic hydroxyl groups is 1. The Bertz CT molecular complexity index is 1000. The van der Waals surface area contributed by atoms with Gasteiger partial charge in [0.1, 0.15) is 11.6 Å². The van der Waals surface area contributed by atoms with E-state index in [1.54, 1.807) is 29.4 Å². The number of aromatic nitrogens is 3. The molecule has 0 unspecified atom stereocenters. The van der Waals surface area contributed by atoms with Crippen molar-refractivity contribution in [2.24, 2.45) is 0 Å². The zero-order valence-corrected chi connectivity index (χ0v) is 15.8. The van der Waals surface area contributed by atoms with Gasteiger partial charge < -0.3 is 14.9 Å². The van der Waals surface area contributed by atoms with Crippen molar-refractivity contribution in [3.63, 3.8) is 0 Å². The van der Waals surface area contributed by atoms with Crippen LogP contribution >= 0.6 is 0 Å². The minimum Gasteiger partial charge on any atom is -0.508 e. The number of nitrogens with zero attached hydrogens (tertiary/aromatic N) is 5. The molecule has 7 heteroatoms. The Hall–Kier alpha value is -3.48. The fraction of sp³-hybridized carbons (Fsp3) is 0.238. The third kappa shape index (κ3) is 3.38. The van der Waals surface area contributed by atoms with Crippen molar-refractivity contribution in [3.05, 3.63) is 65.6 Å². The quantitative estimate of drug-likeness (QED) is 0.757. The molecule has 4 rings (SSSR count). The molecule has 0 spiro atoms. The average molecular weight is 375 g/mol. The highest BCUT2D eigenvalue weighted by Crippen LogP contribution is 2.29. The standard InChI is InChI=1S/C21H21N5O2/c1-25(2)20-17-9-12-26(21(28)15-3-5-16(27)6-4-15)13-18(17)23-19(24-20)14-7-10-22-11-8-14/h3-8,10-11,27H,9,12-13H2,1-2H3. The van der Waals surface area contributed by atoms with E-state index in [1.807, 2.05) is 31.1 Å². The van der Waals surface area contributed by atoms with Crippen LogP contribution in [0.4, 0.5) is 5.82 Å². The second-order valence-corrected chi connectivity index (χ2v) is 6.95. The number of fused-ring (bicyclic) bond motifs is 1. The second kappa shape index (κ2) is 7.26. The van der Waals surface area contributed by atoms with E-state index in [2.05, 4.69) is 4.98 Å². The molecule has 0 saturated heterocycles. The fourth-order valence-corrected chi connectivity index (χ4v) is 3.37. The lowest BCUT2D eigenvalue weighted by atomic mass is 10.0. The minimum absolute atomic E-state index is 0.0684. The number of phenolic OH excluding ortho intramolecular Hbond substituents is 1. The van der Waals surface area contributed by atoms with Gasteiger partial charge in [-0.25, -0.2) is 9.97 Å². The third-order valence-electron chi connectivity index (χ3n) is 4.81. The number of anilines is 1. The third-order valence-corrected chi connectivity index (χ3v) is 4.81. The Morgan fingerprint density at radius 3 is 2.46 bits per heavy atom. The zero-order chi connectivity index (χ0) is 19.7. The van der Waals surface area contributed by atoms with Crippen molar-refractivity contribution >= 4 is 11.7 Å². The first-order valence-corrected chi connectivity index (χ1v) is 9.09. The van der Waals surface area contributed by atoms with E-state index in [4.69, 9.17) is 9.97 Å². The molecule has 0 radical (unpaired) electrons. The van der Waals surface area contributed by atoms with Gasteiger partial charge in [0.25, 0.3) is 5.91 Å². The summed E-state index contributed by atoms with van der Waals surface area (Å²) in [5.74, 6) is 1.59. The maximum Gasteiger partial charge on any atom is 0.254 e. The van der Waals surface area contributed by atoms with E-state index in [-0.39, 0.29) is 11.7 Å². The number of carbonyl (C=O) groups excluding carboxylic acids is 1. The number of amides is 1. The predicted octanol–water partition coefficient (Wildman–Crippen LogP) is 2.51. The number of benzene rings is 1. The van der Waals surface area contributed by atoms with Crippen molar-refractivity contribution in [2.45, 2.75) is 13.0 Å². The van der Waals surface area contributed by atoms with Gasteiger partial charge in [-0.1, -0.05) is 0 Å². The fourth-order valence-electron chi connectivity index (χ4n) is 3.37. The Labute approximate surface area is 163 Å². The van der Waals surface area contributed by atoms with Gasteiger partial charge in [-0.05, 0) is 42.8 Å². The van der Waals surface area contributed by atoms with Crippen LogP contribution < -0.4 is 4.90 Å². The first-order chi connectivity index (χ1) is 13.5. The van der Waals surface area contributed by atoms with Crippen molar-refractivity contribution in [1.29, 1.82) is 0 Å². The van der Waals surface area contributed by atoms with Crippen LogP contribution in [0.15, 0.2) is 48.8 Å². The van der Waals surface area contributed by atoms with Crippen LogP contribution in [0.1, 0.15) is 21.6 Å². The van der Waals surface area contributed by atoms with Gasteiger partial charge in [0, 0.05) is 49.7 Å². The summed E-state index contributed by atoms with van der Waals surface area (Å²) in [4.78, 5) is 30.2. The lowest BCUT2D eigenvalue weighted by molar-refractivity contribution is 0.0732. The van der Waals surface area contributed by atoms with Crippen LogP contribution in [0.25, 0.3) is 11.4 Å². The van der Waals surface area contributed by atoms with Crippen LogP contribution in [0.3, 0.4) is 0 Å². The van der Waals surface area contributed by atoms with Gasteiger partial charge in [0.15, 0.2) is 5.82 Å². The largest absolute Gasteiger partial charge is 0.508 e. The molecular weight excluding hydrogens is 354 g/mol. The number of rotatable bonds is 3. The van der Waals surface area contributed by atoms with Crippen molar-refractivity contribution in [2.75, 3.05) is 25.5 Å². The van der Waals surface area contributed by atoms with Gasteiger partial charge >= 0.3 is 0 Å². The van der Waals surface area contributed by atoms with Crippen LogP contribution in [-0.4, -0.2) is 51.5 Å². The lowest BCUT2D eigenvalue weighted by Crippen LogP contribution is -2.37. The summed E-state index contributed by atoms with van der Waals surface area (Å²) in [6.45, 7) is 1.03. The minimum atomic E-state index is -0.0684. The zero-order valence-electron chi connectivity index (χ0n) is 15.8. The maximum absolute atomic E-state index is 12.9. The van der Waals surface area contributed by atoms with Crippen molar-refractivity contribution in [3.8, 4) is 17.1 Å². The topological polar surface area (TPSA) is 82.5 Å². The van der Waals surface area contributed by atoms with E-state index >= 15 is 0 Å². The molecule has 1 N–H and O–H groups in total. The smallest absolute Gasteiger partial charge is 0.254 e. The van der Waals surface area contributed by atoms with E-state index in [0.29, 0.717) is 30.9 Å². The summed E-state index contributed by atoms with van der Waals surface area (Å²) in [5.41, 5.74) is 3.39. The molecule has 7 nitrogen and oxygen atoms in total. The highest BCUT2D eigenvalue weighted by atomic mass is 16.3. The molecule has 1 aromatic carbocycles. The molecule has 0 bridgehead atoms. The summed E-state index contributed by atoms with van der Waals surface area (Å²) in [6, 6.07) is 10.1. The first-order valence-electron chi connectivity index (χ1n) is 9.09. The normalized spacial score (nSPS) is 13.1. The Morgan fingerprint density at radius 1 is 1.07 bits per heavy atom. The number of carbonyl (C=O) groups is 1. The van der Waals surface area contributed by atoms with Gasteiger partial charge in [-0.15, -0.1) is 0 Å². The summed E-state index contributed by atoms with van der Waals surface area (Å²) >= 11 is 0. The molecule has 142 valence electrons. The molecule has 3 heterocycles. The average Bonchev–Trinajstić information content (AvgIpc) is 2.73. The van der Waals surface area contributed by atoms with Crippen LogP contribution in [0.5, 0.6) is 5.75 Å². The molecule has 2 aromatic heterocycles. The molecule has 0 aliphatic carbocycles. The predicted molar refractivity (Wildman–Crippen MR) is 106 cm³/mol. The molecule has 1 amide bonds. The Balaban J connectivity index is 1.69. The second-order valence-electron chi connectivity index (χ2n) is 6.95. The number of pyridine rings is 1. The summed E-state index contributed by atoms with van der Waals surface area (Å²) in [6.07, 6.45) is 4.13. The van der Waals surface area contributed by atoms with E-state index in [1.165, 1.54) is 12.1 Å². The molecule has 28 heavy (non-hydrogen) atoms.